The second-order valence-corrected chi connectivity index (χ2v) is 15.6. The number of amides is 4. The third-order valence-corrected chi connectivity index (χ3v) is 10.9. The number of hydrogen-bond acceptors (Lipinski definition) is 10. The zero-order valence-electron chi connectivity index (χ0n) is 31.8. The molecule has 0 spiro atoms. The molecule has 2 aliphatic heterocycles. The summed E-state index contributed by atoms with van der Waals surface area (Å²) in [4.78, 5) is 61.9. The van der Waals surface area contributed by atoms with E-state index >= 15 is 0 Å². The Hall–Kier alpha value is -5.42. The van der Waals surface area contributed by atoms with Crippen molar-refractivity contribution in [3.05, 3.63) is 47.8 Å². The number of fused-ring (bicyclic) bond motifs is 2. The van der Waals surface area contributed by atoms with E-state index in [4.69, 9.17) is 0 Å². The fourth-order valence-electron chi connectivity index (χ4n) is 8.03. The number of aryl methyl sites for hydroxylation is 4. The first kappa shape index (κ1) is 36.9. The van der Waals surface area contributed by atoms with Gasteiger partial charge in [0.1, 0.15) is 36.4 Å². The van der Waals surface area contributed by atoms with Gasteiger partial charge >= 0.3 is 0 Å². The Labute approximate surface area is 313 Å². The van der Waals surface area contributed by atoms with Gasteiger partial charge in [-0.15, -0.1) is 10.2 Å². The molecule has 18 heteroatoms. The molecule has 54 heavy (non-hydrogen) atoms. The van der Waals surface area contributed by atoms with Gasteiger partial charge in [-0.25, -0.2) is 19.3 Å². The van der Waals surface area contributed by atoms with Crippen LogP contribution in [0.4, 0.5) is 11.6 Å². The number of carbonyl (C=O) groups excluding carboxylic acids is 4. The fourth-order valence-corrected chi connectivity index (χ4v) is 8.03. The van der Waals surface area contributed by atoms with Crippen molar-refractivity contribution in [2.24, 2.45) is 23.7 Å². The van der Waals surface area contributed by atoms with E-state index in [1.54, 1.807) is 55.3 Å². The summed E-state index contributed by atoms with van der Waals surface area (Å²) in [7, 11) is 3.40. The molecule has 0 saturated heterocycles. The molecule has 2 aliphatic carbocycles. The van der Waals surface area contributed by atoms with E-state index < -0.39 is 23.9 Å². The number of rotatable bonds is 8. The standard InChI is InChI=1S/2C18H25N7O2/c2*1-11-6-13(7-11)9-24-10-19-16(22-24)17(26)20-14-4-5-25-15(8-12(2)21-25)23(3)18(14)27/h2*8,10-11,13-14H,4-7,9H2,1-3H3,(H,20,26)/t2*11?,13?,14-/m00/s1. The van der Waals surface area contributed by atoms with Gasteiger partial charge in [-0.1, -0.05) is 13.8 Å². The van der Waals surface area contributed by atoms with Crippen molar-refractivity contribution in [2.75, 3.05) is 23.9 Å². The van der Waals surface area contributed by atoms with Crippen molar-refractivity contribution in [2.45, 2.75) is 104 Å². The first-order valence-corrected chi connectivity index (χ1v) is 18.9. The lowest BCUT2D eigenvalue weighted by molar-refractivity contribution is -0.120. The van der Waals surface area contributed by atoms with E-state index in [2.05, 4.69) is 54.8 Å². The summed E-state index contributed by atoms with van der Waals surface area (Å²) >= 11 is 0. The van der Waals surface area contributed by atoms with Crippen molar-refractivity contribution < 1.29 is 19.2 Å². The van der Waals surface area contributed by atoms with Crippen molar-refractivity contribution >= 4 is 35.3 Å². The van der Waals surface area contributed by atoms with Gasteiger partial charge in [0, 0.05) is 52.4 Å². The molecule has 8 rings (SSSR count). The van der Waals surface area contributed by atoms with E-state index in [1.165, 1.54) is 25.7 Å². The highest BCUT2D eigenvalue weighted by molar-refractivity contribution is 6.01. The molecule has 2 fully saturated rings. The summed E-state index contributed by atoms with van der Waals surface area (Å²) in [5, 5.41) is 22.9. The van der Waals surface area contributed by atoms with Crippen molar-refractivity contribution in [1.82, 2.24) is 59.7 Å². The Bertz CT molecular complexity index is 1870. The zero-order chi connectivity index (χ0) is 38.3. The molecular formula is C36H50N14O4. The average Bonchev–Trinajstić information content (AvgIpc) is 3.91. The monoisotopic (exact) mass is 742 g/mol. The number of aromatic nitrogens is 10. The Kier molecular flexibility index (Phi) is 10.3. The van der Waals surface area contributed by atoms with Gasteiger partial charge in [-0.05, 0) is 76.0 Å². The predicted molar refractivity (Wildman–Crippen MR) is 196 cm³/mol. The molecule has 0 unspecified atom stereocenters. The summed E-state index contributed by atoms with van der Waals surface area (Å²) in [5.41, 5.74) is 1.73. The van der Waals surface area contributed by atoms with Gasteiger partial charge in [0.05, 0.1) is 11.4 Å². The topological polar surface area (TPSA) is 196 Å². The van der Waals surface area contributed by atoms with Gasteiger partial charge in [0.2, 0.25) is 11.6 Å². The lowest BCUT2D eigenvalue weighted by atomic mass is 9.76. The molecule has 18 nitrogen and oxygen atoms in total. The van der Waals surface area contributed by atoms with Crippen LogP contribution in [0, 0.1) is 37.5 Å². The van der Waals surface area contributed by atoms with Crippen LogP contribution in [0.2, 0.25) is 0 Å². The number of nitrogens with zero attached hydrogens (tertiary/aromatic N) is 12. The largest absolute Gasteiger partial charge is 0.337 e. The van der Waals surface area contributed by atoms with Gasteiger partial charge in [-0.2, -0.15) is 10.2 Å². The quantitative estimate of drug-likeness (QED) is 0.270. The number of nitrogens with one attached hydrogen (secondary N) is 2. The van der Waals surface area contributed by atoms with Crippen LogP contribution in [-0.4, -0.2) is 98.9 Å². The number of anilines is 2. The lowest BCUT2D eigenvalue weighted by Crippen LogP contribution is -2.47. The minimum atomic E-state index is -0.621. The number of carbonyl (C=O) groups is 4. The minimum Gasteiger partial charge on any atom is -0.337 e. The SMILES string of the molecule is Cc1cc2n(n1)CC[C@H](NC(=O)c1ncn(CC3CC(C)C3)n1)C(=O)N2C.Cc1cc2n(n1)CC[C@H](NC(=O)c1ncn(CC3CC(C)C3)n1)C(=O)N2C. The Morgan fingerprint density at radius 2 is 1.06 bits per heavy atom. The van der Waals surface area contributed by atoms with Gasteiger partial charge in [0.25, 0.3) is 23.6 Å². The second-order valence-electron chi connectivity index (χ2n) is 15.6. The maximum atomic E-state index is 12.7. The van der Waals surface area contributed by atoms with Crippen molar-refractivity contribution in [3.8, 4) is 0 Å². The van der Waals surface area contributed by atoms with Crippen molar-refractivity contribution in [1.29, 1.82) is 0 Å². The minimum absolute atomic E-state index is 0.107. The summed E-state index contributed by atoms with van der Waals surface area (Å²) in [6.45, 7) is 11.0. The van der Waals surface area contributed by atoms with E-state index in [0.717, 1.165) is 47.9 Å². The Morgan fingerprint density at radius 3 is 1.43 bits per heavy atom. The number of likely N-dealkylation sites (N-methyl/N-ethyl adjacent to an activating group) is 2. The third-order valence-electron chi connectivity index (χ3n) is 10.9. The van der Waals surface area contributed by atoms with Gasteiger partial charge < -0.3 is 10.6 Å². The summed E-state index contributed by atoms with van der Waals surface area (Å²) in [5.74, 6) is 3.31. The second kappa shape index (κ2) is 15.1. The summed E-state index contributed by atoms with van der Waals surface area (Å²) in [6, 6.07) is 2.49. The normalized spacial score (nSPS) is 24.9. The molecule has 0 aromatic carbocycles. The van der Waals surface area contributed by atoms with Crippen LogP contribution in [-0.2, 0) is 35.8 Å². The van der Waals surface area contributed by atoms with Crippen LogP contribution in [0.1, 0.15) is 85.0 Å². The maximum Gasteiger partial charge on any atom is 0.291 e. The highest BCUT2D eigenvalue weighted by atomic mass is 16.2. The van der Waals surface area contributed by atoms with Crippen molar-refractivity contribution in [3.63, 3.8) is 0 Å². The van der Waals surface area contributed by atoms with Crippen LogP contribution in [0.5, 0.6) is 0 Å². The van der Waals surface area contributed by atoms with Crippen LogP contribution in [0.15, 0.2) is 24.8 Å². The first-order chi connectivity index (χ1) is 25.8. The molecule has 0 bridgehead atoms. The highest BCUT2D eigenvalue weighted by Gasteiger charge is 2.33. The molecular weight excluding hydrogens is 692 g/mol. The third kappa shape index (κ3) is 7.91. The molecule has 6 heterocycles. The molecule has 4 aromatic rings. The van der Waals surface area contributed by atoms with E-state index in [-0.39, 0.29) is 23.5 Å². The molecule has 2 N–H and O–H groups in total. The highest BCUT2D eigenvalue weighted by Crippen LogP contribution is 2.34. The first-order valence-electron chi connectivity index (χ1n) is 18.9. The average molecular weight is 743 g/mol. The molecule has 2 atom stereocenters. The molecule has 4 aromatic heterocycles. The van der Waals surface area contributed by atoms with Crippen LogP contribution in [0.25, 0.3) is 0 Å². The molecule has 4 aliphatic rings. The fraction of sp³-hybridized carbons (Fsp3) is 0.611. The molecule has 0 radical (unpaired) electrons. The van der Waals surface area contributed by atoms with Gasteiger partial charge in [0.15, 0.2) is 0 Å². The molecule has 288 valence electrons. The Morgan fingerprint density at radius 1 is 0.667 bits per heavy atom. The number of hydrogen-bond donors (Lipinski definition) is 2. The molecule has 4 amide bonds. The smallest absolute Gasteiger partial charge is 0.291 e. The summed E-state index contributed by atoms with van der Waals surface area (Å²) < 4.78 is 7.05. The van der Waals surface area contributed by atoms with Crippen LogP contribution >= 0.6 is 0 Å². The van der Waals surface area contributed by atoms with Gasteiger partial charge in [-0.3, -0.25) is 38.3 Å². The zero-order valence-corrected chi connectivity index (χ0v) is 31.8. The Balaban J connectivity index is 0.000000167. The maximum absolute atomic E-state index is 12.7. The van der Waals surface area contributed by atoms with Crippen LogP contribution < -0.4 is 20.4 Å². The van der Waals surface area contributed by atoms with Crippen LogP contribution in [0.3, 0.4) is 0 Å². The lowest BCUT2D eigenvalue weighted by Gasteiger charge is -2.32. The van der Waals surface area contributed by atoms with E-state index in [1.807, 2.05) is 26.0 Å². The van der Waals surface area contributed by atoms with E-state index in [0.29, 0.717) is 37.8 Å². The summed E-state index contributed by atoms with van der Waals surface area (Å²) in [6.07, 6.45) is 8.91. The predicted octanol–water partition coefficient (Wildman–Crippen LogP) is 1.99. The molecule has 2 saturated carbocycles. The van der Waals surface area contributed by atoms with E-state index in [9.17, 15) is 19.2 Å².